The summed E-state index contributed by atoms with van der Waals surface area (Å²) in [5.74, 6) is 0. The maximum atomic E-state index is 9.21. The zero-order valence-corrected chi connectivity index (χ0v) is 15.1. The van der Waals surface area contributed by atoms with Crippen molar-refractivity contribution in [1.29, 1.82) is 0 Å². The molecule has 0 amide bonds. The quantitative estimate of drug-likeness (QED) is 0.307. The molecule has 0 radical (unpaired) electrons. The summed E-state index contributed by atoms with van der Waals surface area (Å²) in [6, 6.07) is 0. The van der Waals surface area contributed by atoms with E-state index in [0.717, 1.165) is 0 Å². The Morgan fingerprint density at radius 1 is 1.12 bits per heavy atom. The van der Waals surface area contributed by atoms with Gasteiger partial charge in [0.25, 0.3) is 0 Å². The van der Waals surface area contributed by atoms with Crippen molar-refractivity contribution in [2.75, 3.05) is 6.61 Å². The van der Waals surface area contributed by atoms with Crippen LogP contribution in [0, 0.1) is 0 Å². The van der Waals surface area contributed by atoms with Crippen LogP contribution in [0.4, 0.5) is 0 Å². The molecule has 0 heterocycles. The monoisotopic (exact) mass is 456 g/mol. The molecule has 0 saturated carbocycles. The second kappa shape index (κ2) is 14.1. The molecular formula is C13H24OTe2. The first-order valence-corrected chi connectivity index (χ1v) is 11.9. The number of hydrogen-bond donors (Lipinski definition) is 1. The molecule has 0 aromatic heterocycles. The van der Waals surface area contributed by atoms with Crippen molar-refractivity contribution in [1.82, 2.24) is 0 Å². The molecule has 0 spiro atoms. The van der Waals surface area contributed by atoms with Gasteiger partial charge in [-0.1, -0.05) is 0 Å². The molecule has 0 aliphatic carbocycles. The van der Waals surface area contributed by atoms with Gasteiger partial charge in [-0.3, -0.25) is 0 Å². The molecule has 0 atom stereocenters. The van der Waals surface area contributed by atoms with E-state index in [1.54, 1.807) is 0 Å². The van der Waals surface area contributed by atoms with Crippen molar-refractivity contribution >= 4 is 41.8 Å². The zero-order chi connectivity index (χ0) is 12.1. The van der Waals surface area contributed by atoms with Crippen LogP contribution < -0.4 is 0 Å². The Kier molecular flexibility index (Phi) is 15.0. The van der Waals surface area contributed by atoms with Gasteiger partial charge in [-0.25, -0.2) is 0 Å². The molecule has 1 nitrogen and oxygen atoms in total. The van der Waals surface area contributed by atoms with Gasteiger partial charge in [-0.15, -0.1) is 0 Å². The number of allylic oxidation sites excluding steroid dienone is 2. The Morgan fingerprint density at radius 3 is 2.44 bits per heavy atom. The van der Waals surface area contributed by atoms with E-state index in [1.165, 1.54) is 38.2 Å². The van der Waals surface area contributed by atoms with E-state index >= 15 is 0 Å². The molecule has 0 saturated heterocycles. The van der Waals surface area contributed by atoms with Crippen molar-refractivity contribution in [3.63, 3.8) is 0 Å². The number of hydrogen-bond acceptors (Lipinski definition) is 1. The third kappa shape index (κ3) is 11.5. The number of rotatable bonds is 10. The Balaban J connectivity index is 3.69. The van der Waals surface area contributed by atoms with E-state index < -0.39 is 0 Å². The molecule has 0 aromatic rings. The van der Waals surface area contributed by atoms with Gasteiger partial charge in [-0.05, 0) is 0 Å². The first kappa shape index (κ1) is 17.0. The van der Waals surface area contributed by atoms with E-state index in [0.29, 0.717) is 0 Å². The van der Waals surface area contributed by atoms with Crippen LogP contribution in [-0.4, -0.2) is 53.6 Å². The summed E-state index contributed by atoms with van der Waals surface area (Å²) in [6.07, 6.45) is 9.68. The minimum absolute atomic E-state index is 0.0775. The number of unbranched alkanes of at least 4 members (excludes halogenated alkanes) is 2. The first-order valence-electron chi connectivity index (χ1n) is 6.06. The molecule has 3 heteroatoms. The van der Waals surface area contributed by atoms with E-state index in [9.17, 15) is 5.11 Å². The molecule has 16 heavy (non-hydrogen) atoms. The Morgan fingerprint density at radius 2 is 1.81 bits per heavy atom. The standard InChI is InChI=1S/C13H24OTe2/c1-3-5-9-15-10-7-8-13(12-14)16-11-6-4-2/h7-8,10,14H,3-6,9,11-12H2,1-2H3/b10-7-,13-8-. The van der Waals surface area contributed by atoms with Gasteiger partial charge in [-0.2, -0.15) is 0 Å². The molecule has 0 unspecified atom stereocenters. The zero-order valence-electron chi connectivity index (χ0n) is 10.4. The van der Waals surface area contributed by atoms with Gasteiger partial charge in [0.15, 0.2) is 0 Å². The summed E-state index contributed by atoms with van der Waals surface area (Å²) in [4.78, 5) is 0. The van der Waals surface area contributed by atoms with Crippen LogP contribution in [0.1, 0.15) is 39.5 Å². The van der Waals surface area contributed by atoms with Crippen LogP contribution in [0.15, 0.2) is 19.9 Å². The predicted octanol–water partition coefficient (Wildman–Crippen LogP) is 3.22. The van der Waals surface area contributed by atoms with Crippen LogP contribution >= 0.6 is 0 Å². The van der Waals surface area contributed by atoms with Crippen molar-refractivity contribution in [2.45, 2.75) is 48.5 Å². The SMILES string of the molecule is CCCC[Te]/C=C\C=C(\CO)[Te]CCCC. The summed E-state index contributed by atoms with van der Waals surface area (Å²) >= 11 is 0.0296. The molecule has 0 rings (SSSR count). The topological polar surface area (TPSA) is 20.2 Å². The summed E-state index contributed by atoms with van der Waals surface area (Å²) in [5, 5.41) is 9.21. The van der Waals surface area contributed by atoms with Gasteiger partial charge < -0.3 is 0 Å². The second-order valence-corrected chi connectivity index (χ2v) is 9.93. The molecule has 0 aromatic carbocycles. The van der Waals surface area contributed by atoms with E-state index in [2.05, 4.69) is 30.1 Å². The van der Waals surface area contributed by atoms with Gasteiger partial charge in [0.2, 0.25) is 0 Å². The van der Waals surface area contributed by atoms with Crippen LogP contribution in [0.25, 0.3) is 0 Å². The third-order valence-corrected chi connectivity index (χ3v) is 7.73. The average molecular weight is 452 g/mol. The fraction of sp³-hybridized carbons (Fsp3) is 0.692. The average Bonchev–Trinajstić information content (AvgIpc) is 2.31. The normalized spacial score (nSPS) is 12.6. The Labute approximate surface area is 121 Å². The van der Waals surface area contributed by atoms with Gasteiger partial charge in [0, 0.05) is 0 Å². The van der Waals surface area contributed by atoms with Crippen LogP contribution in [0.5, 0.6) is 0 Å². The van der Waals surface area contributed by atoms with Crippen molar-refractivity contribution in [3.8, 4) is 0 Å². The number of aliphatic hydroxyl groups excluding tert-OH is 1. The van der Waals surface area contributed by atoms with Crippen molar-refractivity contribution in [2.24, 2.45) is 0 Å². The maximum absolute atomic E-state index is 9.21. The number of aliphatic hydroxyl groups is 1. The molecule has 0 fully saturated rings. The van der Waals surface area contributed by atoms with Gasteiger partial charge in [0.05, 0.1) is 0 Å². The summed E-state index contributed by atoms with van der Waals surface area (Å²) in [5.41, 5.74) is 0. The summed E-state index contributed by atoms with van der Waals surface area (Å²) in [6.45, 7) is 4.76. The third-order valence-electron chi connectivity index (χ3n) is 2.01. The van der Waals surface area contributed by atoms with E-state index in [-0.39, 0.29) is 48.5 Å². The summed E-state index contributed by atoms with van der Waals surface area (Å²) < 4.78 is 6.45. The first-order chi connectivity index (χ1) is 7.85. The molecule has 94 valence electrons. The van der Waals surface area contributed by atoms with Crippen LogP contribution in [-0.2, 0) is 0 Å². The van der Waals surface area contributed by atoms with E-state index in [4.69, 9.17) is 0 Å². The predicted molar refractivity (Wildman–Crippen MR) is 75.2 cm³/mol. The molecule has 0 aliphatic rings. The molecule has 1 N–H and O–H groups in total. The van der Waals surface area contributed by atoms with E-state index in [1.807, 2.05) is 0 Å². The van der Waals surface area contributed by atoms with Crippen molar-refractivity contribution < 1.29 is 5.11 Å². The summed E-state index contributed by atoms with van der Waals surface area (Å²) in [7, 11) is 0. The second-order valence-electron chi connectivity index (χ2n) is 3.55. The Bertz CT molecular complexity index is 200. The van der Waals surface area contributed by atoms with Crippen LogP contribution in [0.2, 0.25) is 8.94 Å². The fourth-order valence-electron chi connectivity index (χ4n) is 0.992. The van der Waals surface area contributed by atoms with Crippen LogP contribution in [0.3, 0.4) is 0 Å². The Hall–Kier alpha value is 1.02. The molecule has 0 aliphatic heterocycles. The van der Waals surface area contributed by atoms with Gasteiger partial charge >= 0.3 is 122 Å². The van der Waals surface area contributed by atoms with Gasteiger partial charge in [0.1, 0.15) is 0 Å². The minimum atomic E-state index is -0.0775. The fourth-order valence-corrected chi connectivity index (χ4v) is 5.96. The van der Waals surface area contributed by atoms with Crippen molar-refractivity contribution in [3.05, 3.63) is 19.9 Å². The molecular weight excluding hydrogens is 427 g/mol. The molecule has 0 bridgehead atoms.